The van der Waals surface area contributed by atoms with Crippen LogP contribution in [0, 0.1) is 23.7 Å². The Kier molecular flexibility index (Phi) is 6.80. The number of hydrogen-bond donors (Lipinski definition) is 1. The molecular formula is C25H30N4O4. The smallest absolute Gasteiger partial charge is 0.338 e. The largest absolute Gasteiger partial charge is 0.462 e. The summed E-state index contributed by atoms with van der Waals surface area (Å²) in [6, 6.07) is 7.07. The number of aryl methyl sites for hydroxylation is 3. The van der Waals surface area contributed by atoms with Crippen LogP contribution >= 0.6 is 0 Å². The number of carbonyl (C=O) groups excluding carboxylic acids is 2. The Morgan fingerprint density at radius 2 is 2.15 bits per heavy atom. The van der Waals surface area contributed by atoms with Crippen LogP contribution in [0.2, 0.25) is 0 Å². The molecule has 8 heteroatoms. The minimum atomic E-state index is -0.444. The summed E-state index contributed by atoms with van der Waals surface area (Å²) in [6.45, 7) is 6.71. The van der Waals surface area contributed by atoms with Crippen molar-refractivity contribution < 1.29 is 19.1 Å². The van der Waals surface area contributed by atoms with Gasteiger partial charge in [0.15, 0.2) is 0 Å². The Bertz CT molecular complexity index is 1090. The number of nitrogens with zero attached hydrogens (tertiary/aromatic N) is 3. The van der Waals surface area contributed by atoms with Crippen molar-refractivity contribution in [1.82, 2.24) is 15.1 Å². The summed E-state index contributed by atoms with van der Waals surface area (Å²) in [4.78, 5) is 25.3. The maximum Gasteiger partial charge on any atom is 0.338 e. The van der Waals surface area contributed by atoms with Crippen LogP contribution in [0.1, 0.15) is 69.4 Å². The molecule has 1 aromatic heterocycles. The molecule has 1 saturated heterocycles. The molecule has 1 amide bonds. The summed E-state index contributed by atoms with van der Waals surface area (Å²) < 4.78 is 12.9. The van der Waals surface area contributed by atoms with Crippen LogP contribution in [0.5, 0.6) is 0 Å². The van der Waals surface area contributed by atoms with Crippen molar-refractivity contribution in [1.29, 1.82) is 5.26 Å². The lowest BCUT2D eigenvalue weighted by atomic mass is 9.76. The Morgan fingerprint density at radius 3 is 2.88 bits per heavy atom. The van der Waals surface area contributed by atoms with Gasteiger partial charge in [-0.3, -0.25) is 9.48 Å². The molecule has 2 aliphatic rings. The predicted octanol–water partition coefficient (Wildman–Crippen LogP) is 2.96. The van der Waals surface area contributed by atoms with Crippen molar-refractivity contribution in [3.63, 3.8) is 0 Å². The maximum absolute atomic E-state index is 12.9. The van der Waals surface area contributed by atoms with Crippen molar-refractivity contribution in [2.24, 2.45) is 5.41 Å². The second-order valence-electron chi connectivity index (χ2n) is 8.95. The minimum Gasteiger partial charge on any atom is -0.462 e. The number of fused-ring (bicyclic) bond motifs is 1. The van der Waals surface area contributed by atoms with Crippen LogP contribution in [0.4, 0.5) is 0 Å². The summed E-state index contributed by atoms with van der Waals surface area (Å²) in [5, 5.41) is 17.0. The molecule has 174 valence electrons. The number of esters is 1. The van der Waals surface area contributed by atoms with E-state index in [1.165, 1.54) is 0 Å². The van der Waals surface area contributed by atoms with E-state index in [9.17, 15) is 9.59 Å². The molecule has 0 bridgehead atoms. The predicted molar refractivity (Wildman–Crippen MR) is 121 cm³/mol. The first-order valence-electron chi connectivity index (χ1n) is 11.6. The number of amides is 1. The molecule has 2 aromatic rings. The Hall–Kier alpha value is -3.18. The second-order valence-corrected chi connectivity index (χ2v) is 8.95. The number of hydrogen-bond acceptors (Lipinski definition) is 6. The van der Waals surface area contributed by atoms with Crippen molar-refractivity contribution in [2.45, 2.75) is 52.5 Å². The van der Waals surface area contributed by atoms with Gasteiger partial charge in [-0.1, -0.05) is 13.0 Å². The third-order valence-corrected chi connectivity index (χ3v) is 6.75. The topological polar surface area (TPSA) is 106 Å². The van der Waals surface area contributed by atoms with Gasteiger partial charge >= 0.3 is 5.97 Å². The highest BCUT2D eigenvalue weighted by Crippen LogP contribution is 2.37. The van der Waals surface area contributed by atoms with Crippen molar-refractivity contribution >= 4 is 11.9 Å². The standard InChI is InChI=1S/C25H30N4O4/c1-3-20-22-21(14-25(16-27-23(22)30)7-11-32-12-8-25)29(28-20)9-4-10-33-24(31)18-6-5-17(2)19(13-18)15-26/h5-6,13H,3-4,7-12,14,16H2,1-2H3,(H,27,30). The quantitative estimate of drug-likeness (QED) is 0.536. The summed E-state index contributed by atoms with van der Waals surface area (Å²) in [5.74, 6) is -0.490. The van der Waals surface area contributed by atoms with Crippen LogP contribution in [0.3, 0.4) is 0 Å². The van der Waals surface area contributed by atoms with Crippen molar-refractivity contribution in [3.05, 3.63) is 51.8 Å². The van der Waals surface area contributed by atoms with Gasteiger partial charge in [0.05, 0.1) is 40.8 Å². The van der Waals surface area contributed by atoms with Crippen LogP contribution < -0.4 is 5.32 Å². The highest BCUT2D eigenvalue weighted by molar-refractivity contribution is 5.97. The maximum atomic E-state index is 12.9. The molecule has 1 N–H and O–H groups in total. The summed E-state index contributed by atoms with van der Waals surface area (Å²) in [6.07, 6.45) is 3.88. The molecule has 0 saturated carbocycles. The lowest BCUT2D eigenvalue weighted by Gasteiger charge is -2.36. The molecule has 2 aliphatic heterocycles. The van der Waals surface area contributed by atoms with Gasteiger partial charge in [0.25, 0.3) is 5.91 Å². The van der Waals surface area contributed by atoms with Gasteiger partial charge in [-0.05, 0) is 55.7 Å². The van der Waals surface area contributed by atoms with E-state index in [0.717, 1.165) is 36.2 Å². The van der Waals surface area contributed by atoms with Crippen LogP contribution in [0.25, 0.3) is 0 Å². The Balaban J connectivity index is 1.44. The van der Waals surface area contributed by atoms with Gasteiger partial charge in [0, 0.05) is 32.7 Å². The molecule has 0 radical (unpaired) electrons. The molecule has 4 rings (SSSR count). The highest BCUT2D eigenvalue weighted by atomic mass is 16.5. The third-order valence-electron chi connectivity index (χ3n) is 6.75. The van der Waals surface area contributed by atoms with Gasteiger partial charge < -0.3 is 14.8 Å². The Labute approximate surface area is 193 Å². The zero-order chi connectivity index (χ0) is 23.4. The number of aromatic nitrogens is 2. The minimum absolute atomic E-state index is 0.00168. The van der Waals surface area contributed by atoms with E-state index < -0.39 is 5.97 Å². The van der Waals surface area contributed by atoms with Crippen molar-refractivity contribution in [2.75, 3.05) is 26.4 Å². The van der Waals surface area contributed by atoms with E-state index in [-0.39, 0.29) is 17.9 Å². The van der Waals surface area contributed by atoms with E-state index in [4.69, 9.17) is 19.8 Å². The van der Waals surface area contributed by atoms with Crippen LogP contribution in [-0.2, 0) is 28.9 Å². The first-order chi connectivity index (χ1) is 16.0. The van der Waals surface area contributed by atoms with Gasteiger partial charge in [0.1, 0.15) is 0 Å². The number of rotatable bonds is 6. The number of nitrogens with one attached hydrogen (secondary N) is 1. The lowest BCUT2D eigenvalue weighted by molar-refractivity contribution is 0.0152. The number of benzene rings is 1. The molecule has 33 heavy (non-hydrogen) atoms. The highest BCUT2D eigenvalue weighted by Gasteiger charge is 2.39. The Morgan fingerprint density at radius 1 is 1.36 bits per heavy atom. The van der Waals surface area contributed by atoms with E-state index in [1.54, 1.807) is 18.2 Å². The van der Waals surface area contributed by atoms with Gasteiger partial charge in [-0.25, -0.2) is 4.79 Å². The van der Waals surface area contributed by atoms with E-state index in [2.05, 4.69) is 11.4 Å². The zero-order valence-corrected chi connectivity index (χ0v) is 19.3. The molecule has 1 aromatic carbocycles. The summed E-state index contributed by atoms with van der Waals surface area (Å²) in [5.41, 5.74) is 4.17. The van der Waals surface area contributed by atoms with Crippen molar-refractivity contribution in [3.8, 4) is 6.07 Å². The first-order valence-corrected chi connectivity index (χ1v) is 11.6. The van der Waals surface area contributed by atoms with Crippen LogP contribution in [-0.4, -0.2) is 48.0 Å². The molecule has 0 aliphatic carbocycles. The monoisotopic (exact) mass is 450 g/mol. The number of nitriles is 1. The number of carbonyl (C=O) groups is 2. The molecule has 1 fully saturated rings. The summed E-state index contributed by atoms with van der Waals surface area (Å²) in [7, 11) is 0. The average Bonchev–Trinajstić information content (AvgIpc) is 3.11. The van der Waals surface area contributed by atoms with E-state index >= 15 is 0 Å². The van der Waals surface area contributed by atoms with E-state index in [0.29, 0.717) is 55.8 Å². The fourth-order valence-corrected chi connectivity index (χ4v) is 4.69. The average molecular weight is 451 g/mol. The molecular weight excluding hydrogens is 420 g/mol. The van der Waals surface area contributed by atoms with Gasteiger partial charge in [-0.15, -0.1) is 0 Å². The molecule has 1 spiro atoms. The fourth-order valence-electron chi connectivity index (χ4n) is 4.69. The lowest BCUT2D eigenvalue weighted by Crippen LogP contribution is -2.40. The third kappa shape index (κ3) is 4.79. The SMILES string of the molecule is CCc1nn(CCCOC(=O)c2ccc(C)c(C#N)c2)c2c1C(=O)NCC1(CCOCC1)C2. The molecule has 0 unspecified atom stereocenters. The molecule has 3 heterocycles. The second kappa shape index (κ2) is 9.75. The number of ether oxygens (including phenoxy) is 2. The van der Waals surface area contributed by atoms with Crippen LogP contribution in [0.15, 0.2) is 18.2 Å². The molecule has 8 nitrogen and oxygen atoms in total. The summed E-state index contributed by atoms with van der Waals surface area (Å²) >= 11 is 0. The zero-order valence-electron chi connectivity index (χ0n) is 19.3. The normalized spacial score (nSPS) is 17.1. The fraction of sp³-hybridized carbons (Fsp3) is 0.520. The first kappa shape index (κ1) is 23.0. The van der Waals surface area contributed by atoms with Gasteiger partial charge in [-0.2, -0.15) is 10.4 Å². The molecule has 0 atom stereocenters. The van der Waals surface area contributed by atoms with Gasteiger partial charge in [0.2, 0.25) is 0 Å². The van der Waals surface area contributed by atoms with E-state index in [1.807, 2.05) is 18.5 Å².